The molecule has 1 aromatic rings. The van der Waals surface area contributed by atoms with Crippen molar-refractivity contribution in [3.63, 3.8) is 0 Å². The Labute approximate surface area is 85.7 Å². The molecule has 2 N–H and O–H groups in total. The number of anilines is 1. The van der Waals surface area contributed by atoms with E-state index in [0.29, 0.717) is 11.4 Å². The van der Waals surface area contributed by atoms with E-state index in [0.717, 1.165) is 5.56 Å². The Hall–Kier alpha value is -2.04. The van der Waals surface area contributed by atoms with Gasteiger partial charge >= 0.3 is 11.9 Å². The van der Waals surface area contributed by atoms with Gasteiger partial charge in [0, 0.05) is 17.3 Å². The second-order valence-corrected chi connectivity index (χ2v) is 3.22. The second kappa shape index (κ2) is 3.61. The highest BCUT2D eigenvalue weighted by atomic mass is 16.5. The smallest absolute Gasteiger partial charge is 0.322 e. The van der Waals surface area contributed by atoms with Crippen LogP contribution in [0.25, 0.3) is 0 Å². The average Bonchev–Trinajstić information content (AvgIpc) is 2.53. The van der Waals surface area contributed by atoms with Gasteiger partial charge in [-0.05, 0) is 6.07 Å². The van der Waals surface area contributed by atoms with E-state index in [1.807, 2.05) is 0 Å². The number of hydrogen-bond donors (Lipinski definition) is 2. The molecule has 0 unspecified atom stereocenters. The lowest BCUT2D eigenvalue weighted by Gasteiger charge is -2.04. The molecule has 15 heavy (non-hydrogen) atoms. The summed E-state index contributed by atoms with van der Waals surface area (Å²) < 4.78 is 4.93. The zero-order valence-corrected chi connectivity index (χ0v) is 7.82. The van der Waals surface area contributed by atoms with Crippen LogP contribution in [-0.2, 0) is 16.0 Å². The van der Waals surface area contributed by atoms with E-state index in [4.69, 9.17) is 9.84 Å². The standard InChI is InChI=1S/C10H9NO4/c12-9(13)5-11-7-2-1-6-3-10(14)15-8(6)4-7/h1-2,4,11H,3,5H2,(H,12,13). The Balaban J connectivity index is 2.13. The molecule has 0 aromatic heterocycles. The van der Waals surface area contributed by atoms with Gasteiger partial charge in [-0.25, -0.2) is 0 Å². The van der Waals surface area contributed by atoms with Gasteiger partial charge in [-0.15, -0.1) is 0 Å². The summed E-state index contributed by atoms with van der Waals surface area (Å²) in [5.74, 6) is -0.705. The van der Waals surface area contributed by atoms with Gasteiger partial charge in [0.05, 0.1) is 6.42 Å². The number of rotatable bonds is 3. The first-order valence-corrected chi connectivity index (χ1v) is 4.44. The van der Waals surface area contributed by atoms with E-state index in [1.54, 1.807) is 18.2 Å². The fourth-order valence-electron chi connectivity index (χ4n) is 1.40. The maximum Gasteiger partial charge on any atom is 0.322 e. The number of carboxylic acids is 1. The van der Waals surface area contributed by atoms with Crippen LogP contribution < -0.4 is 10.1 Å². The molecule has 0 spiro atoms. The number of ether oxygens (including phenoxy) is 1. The largest absolute Gasteiger partial charge is 0.480 e. The number of fused-ring (bicyclic) bond motifs is 1. The Morgan fingerprint density at radius 1 is 1.53 bits per heavy atom. The number of carbonyl (C=O) groups excluding carboxylic acids is 1. The molecule has 1 aliphatic rings. The Kier molecular flexibility index (Phi) is 2.29. The maximum absolute atomic E-state index is 10.9. The van der Waals surface area contributed by atoms with Crippen molar-refractivity contribution in [1.82, 2.24) is 0 Å². The van der Waals surface area contributed by atoms with Gasteiger partial charge in [0.25, 0.3) is 0 Å². The summed E-state index contributed by atoms with van der Waals surface area (Å²) in [5.41, 5.74) is 1.46. The van der Waals surface area contributed by atoms with Crippen LogP contribution in [0.3, 0.4) is 0 Å². The molecule has 1 heterocycles. The summed E-state index contributed by atoms with van der Waals surface area (Å²) in [7, 11) is 0. The third kappa shape index (κ3) is 2.07. The van der Waals surface area contributed by atoms with Crippen LogP contribution in [0, 0.1) is 0 Å². The summed E-state index contributed by atoms with van der Waals surface area (Å²) in [6.45, 7) is -0.160. The number of hydrogen-bond acceptors (Lipinski definition) is 4. The van der Waals surface area contributed by atoms with Crippen molar-refractivity contribution in [3.05, 3.63) is 23.8 Å². The molecule has 1 aliphatic heterocycles. The summed E-state index contributed by atoms with van der Waals surface area (Å²) in [6.07, 6.45) is 0.286. The minimum absolute atomic E-state index is 0.160. The number of nitrogens with one attached hydrogen (secondary N) is 1. The van der Waals surface area contributed by atoms with Crippen LogP contribution in [-0.4, -0.2) is 23.6 Å². The topological polar surface area (TPSA) is 75.6 Å². The van der Waals surface area contributed by atoms with Gasteiger partial charge in [-0.2, -0.15) is 0 Å². The van der Waals surface area contributed by atoms with Crippen molar-refractivity contribution in [2.75, 3.05) is 11.9 Å². The van der Waals surface area contributed by atoms with Gasteiger partial charge in [0.1, 0.15) is 12.3 Å². The molecule has 0 atom stereocenters. The van der Waals surface area contributed by atoms with E-state index in [1.165, 1.54) is 0 Å². The quantitative estimate of drug-likeness (QED) is 0.562. The van der Waals surface area contributed by atoms with E-state index in [2.05, 4.69) is 5.32 Å². The zero-order chi connectivity index (χ0) is 10.8. The predicted molar refractivity (Wildman–Crippen MR) is 51.9 cm³/mol. The normalized spacial score (nSPS) is 13.2. The molecule has 5 nitrogen and oxygen atoms in total. The van der Waals surface area contributed by atoms with Gasteiger partial charge < -0.3 is 15.2 Å². The van der Waals surface area contributed by atoms with E-state index in [9.17, 15) is 9.59 Å². The van der Waals surface area contributed by atoms with E-state index >= 15 is 0 Å². The molecular weight excluding hydrogens is 198 g/mol. The lowest BCUT2D eigenvalue weighted by molar-refractivity contribution is -0.135. The van der Waals surface area contributed by atoms with E-state index < -0.39 is 5.97 Å². The van der Waals surface area contributed by atoms with Crippen LogP contribution in [0.2, 0.25) is 0 Å². The molecule has 5 heteroatoms. The lowest BCUT2D eigenvalue weighted by Crippen LogP contribution is -2.12. The maximum atomic E-state index is 10.9. The van der Waals surface area contributed by atoms with Crippen molar-refractivity contribution < 1.29 is 19.4 Å². The molecule has 0 aliphatic carbocycles. The first-order chi connectivity index (χ1) is 7.15. The number of carbonyl (C=O) groups is 2. The third-order valence-electron chi connectivity index (χ3n) is 2.07. The number of carboxylic acid groups (broad SMARTS) is 1. The molecule has 78 valence electrons. The molecule has 0 radical (unpaired) electrons. The van der Waals surface area contributed by atoms with Crippen molar-refractivity contribution in [2.45, 2.75) is 6.42 Å². The van der Waals surface area contributed by atoms with Crippen LogP contribution >= 0.6 is 0 Å². The molecular formula is C10H9NO4. The number of benzene rings is 1. The molecule has 0 saturated carbocycles. The molecule has 0 fully saturated rings. The highest BCUT2D eigenvalue weighted by Crippen LogP contribution is 2.28. The Morgan fingerprint density at radius 3 is 3.07 bits per heavy atom. The summed E-state index contributed by atoms with van der Waals surface area (Å²) in [4.78, 5) is 21.3. The van der Waals surface area contributed by atoms with Crippen molar-refractivity contribution in [1.29, 1.82) is 0 Å². The van der Waals surface area contributed by atoms with E-state index in [-0.39, 0.29) is 18.9 Å². The van der Waals surface area contributed by atoms with Crippen LogP contribution in [0.4, 0.5) is 5.69 Å². The third-order valence-corrected chi connectivity index (χ3v) is 2.07. The molecule has 0 amide bonds. The van der Waals surface area contributed by atoms with Crippen LogP contribution in [0.15, 0.2) is 18.2 Å². The Morgan fingerprint density at radius 2 is 2.33 bits per heavy atom. The second-order valence-electron chi connectivity index (χ2n) is 3.22. The first kappa shape index (κ1) is 9.51. The monoisotopic (exact) mass is 207 g/mol. The van der Waals surface area contributed by atoms with Crippen molar-refractivity contribution in [2.24, 2.45) is 0 Å². The number of aliphatic carboxylic acids is 1. The summed E-state index contributed by atoms with van der Waals surface area (Å²) in [6, 6.07) is 5.11. The minimum atomic E-state index is -0.938. The van der Waals surface area contributed by atoms with Gasteiger partial charge in [0.2, 0.25) is 0 Å². The highest BCUT2D eigenvalue weighted by molar-refractivity contribution is 5.82. The molecule has 0 saturated heterocycles. The first-order valence-electron chi connectivity index (χ1n) is 4.44. The lowest BCUT2D eigenvalue weighted by atomic mass is 10.1. The van der Waals surface area contributed by atoms with Crippen molar-refractivity contribution in [3.8, 4) is 5.75 Å². The fraction of sp³-hybridized carbons (Fsp3) is 0.200. The highest BCUT2D eigenvalue weighted by Gasteiger charge is 2.20. The van der Waals surface area contributed by atoms with Crippen molar-refractivity contribution >= 4 is 17.6 Å². The van der Waals surface area contributed by atoms with Gasteiger partial charge in [-0.1, -0.05) is 6.07 Å². The Bertz CT molecular complexity index is 427. The van der Waals surface area contributed by atoms with Crippen LogP contribution in [0.5, 0.6) is 5.75 Å². The molecule has 0 bridgehead atoms. The summed E-state index contributed by atoms with van der Waals surface area (Å²) >= 11 is 0. The average molecular weight is 207 g/mol. The van der Waals surface area contributed by atoms with Gasteiger partial charge in [0.15, 0.2) is 0 Å². The predicted octanol–water partition coefficient (Wildman–Crippen LogP) is 0.645. The summed E-state index contributed by atoms with van der Waals surface area (Å²) in [5, 5.41) is 11.2. The SMILES string of the molecule is O=C(O)CNc1ccc2c(c1)OC(=O)C2. The van der Waals surface area contributed by atoms with Crippen LogP contribution in [0.1, 0.15) is 5.56 Å². The molecule has 2 rings (SSSR count). The fourth-order valence-corrected chi connectivity index (χ4v) is 1.40. The zero-order valence-electron chi connectivity index (χ0n) is 7.82. The van der Waals surface area contributed by atoms with Gasteiger partial charge in [-0.3, -0.25) is 9.59 Å². The minimum Gasteiger partial charge on any atom is -0.480 e. The molecule has 1 aromatic carbocycles. The number of esters is 1.